The van der Waals surface area contributed by atoms with E-state index in [4.69, 9.17) is 0 Å². The maximum atomic E-state index is 12.5. The van der Waals surface area contributed by atoms with Crippen LogP contribution in [0.5, 0.6) is 0 Å². The molecule has 1 aromatic heterocycles. The number of carbonyl (C=O) groups excluding carboxylic acids is 1. The molecule has 1 N–H and O–H groups in total. The first-order valence-electron chi connectivity index (χ1n) is 8.41. The van der Waals surface area contributed by atoms with E-state index < -0.39 is 22.6 Å². The summed E-state index contributed by atoms with van der Waals surface area (Å²) in [4.78, 5) is 22.2. The van der Waals surface area contributed by atoms with Gasteiger partial charge in [0, 0.05) is 23.4 Å². The Bertz CT molecular complexity index is 1040. The van der Waals surface area contributed by atoms with Gasteiger partial charge in [0.15, 0.2) is 0 Å². The van der Waals surface area contributed by atoms with Crippen molar-refractivity contribution in [1.29, 1.82) is 0 Å². The number of benzene rings is 2. The molecular formula is C19H13F3N4O3S. The first-order chi connectivity index (χ1) is 14.2. The lowest BCUT2D eigenvalue weighted by Gasteiger charge is -2.08. The Morgan fingerprint density at radius 2 is 1.67 bits per heavy atom. The number of nitro benzene ring substituents is 1. The minimum absolute atomic E-state index is 0.00736. The first kappa shape index (κ1) is 21.2. The number of aromatic nitrogens is 2. The van der Waals surface area contributed by atoms with E-state index in [9.17, 15) is 28.1 Å². The SMILES string of the molecule is O=C(CSc1ccc(-c2ccc([N+](=O)[O-])cc2)nn1)Nc1ccc(C(F)(F)F)cc1. The van der Waals surface area contributed by atoms with Crippen molar-refractivity contribution in [2.75, 3.05) is 11.1 Å². The highest BCUT2D eigenvalue weighted by atomic mass is 32.2. The normalized spacial score (nSPS) is 11.2. The highest BCUT2D eigenvalue weighted by Crippen LogP contribution is 2.30. The molecule has 0 unspecified atom stereocenters. The molecule has 154 valence electrons. The molecule has 3 rings (SSSR count). The van der Waals surface area contributed by atoms with Gasteiger partial charge < -0.3 is 5.32 Å². The molecule has 3 aromatic rings. The molecule has 0 saturated carbocycles. The molecule has 0 atom stereocenters. The van der Waals surface area contributed by atoms with Crippen LogP contribution in [0.3, 0.4) is 0 Å². The van der Waals surface area contributed by atoms with Crippen LogP contribution in [0.2, 0.25) is 0 Å². The maximum absolute atomic E-state index is 12.5. The van der Waals surface area contributed by atoms with Crippen LogP contribution in [-0.2, 0) is 11.0 Å². The number of nitrogens with zero attached hydrogens (tertiary/aromatic N) is 3. The molecular weight excluding hydrogens is 421 g/mol. The van der Waals surface area contributed by atoms with Crippen LogP contribution in [-0.4, -0.2) is 26.8 Å². The van der Waals surface area contributed by atoms with Crippen LogP contribution < -0.4 is 5.32 Å². The van der Waals surface area contributed by atoms with Gasteiger partial charge in [-0.25, -0.2) is 0 Å². The molecule has 0 aliphatic heterocycles. The van der Waals surface area contributed by atoms with E-state index in [0.29, 0.717) is 16.3 Å². The van der Waals surface area contributed by atoms with Crippen molar-refractivity contribution < 1.29 is 22.9 Å². The third-order valence-electron chi connectivity index (χ3n) is 3.86. The summed E-state index contributed by atoms with van der Waals surface area (Å²) in [5, 5.41) is 21.7. The van der Waals surface area contributed by atoms with Crippen molar-refractivity contribution in [2.24, 2.45) is 0 Å². The van der Waals surface area contributed by atoms with E-state index in [1.54, 1.807) is 24.3 Å². The number of nitro groups is 1. The number of hydrogen-bond donors (Lipinski definition) is 1. The van der Waals surface area contributed by atoms with Crippen molar-refractivity contribution in [3.8, 4) is 11.3 Å². The van der Waals surface area contributed by atoms with Gasteiger partial charge in [-0.05, 0) is 48.5 Å². The minimum atomic E-state index is -4.43. The fourth-order valence-electron chi connectivity index (χ4n) is 2.38. The van der Waals surface area contributed by atoms with E-state index in [1.165, 1.54) is 24.3 Å². The van der Waals surface area contributed by atoms with Gasteiger partial charge in [-0.1, -0.05) is 11.8 Å². The molecule has 11 heteroatoms. The minimum Gasteiger partial charge on any atom is -0.325 e. The number of rotatable bonds is 6. The Balaban J connectivity index is 1.54. The van der Waals surface area contributed by atoms with E-state index >= 15 is 0 Å². The summed E-state index contributed by atoms with van der Waals surface area (Å²) in [6, 6.07) is 13.3. The predicted octanol–water partition coefficient (Wildman–Crippen LogP) is 4.80. The van der Waals surface area contributed by atoms with E-state index in [1.807, 2.05) is 0 Å². The third kappa shape index (κ3) is 5.54. The third-order valence-corrected chi connectivity index (χ3v) is 4.78. The monoisotopic (exact) mass is 434 g/mol. The second kappa shape index (κ2) is 8.91. The smallest absolute Gasteiger partial charge is 0.325 e. The molecule has 1 amide bonds. The number of hydrogen-bond acceptors (Lipinski definition) is 6. The standard InChI is InChI=1S/C19H13F3N4O3S/c20-19(21,22)13-3-5-14(6-4-13)23-17(27)11-30-18-10-9-16(24-25-18)12-1-7-15(8-2-12)26(28)29/h1-10H,11H2,(H,23,27). The molecule has 0 aliphatic carbocycles. The zero-order valence-corrected chi connectivity index (χ0v) is 15.9. The van der Waals surface area contributed by atoms with Crippen LogP contribution in [0.1, 0.15) is 5.56 Å². The zero-order valence-electron chi connectivity index (χ0n) is 15.1. The van der Waals surface area contributed by atoms with Crippen molar-refractivity contribution in [3.05, 3.63) is 76.3 Å². The zero-order chi connectivity index (χ0) is 21.7. The number of amides is 1. The summed E-state index contributed by atoms with van der Waals surface area (Å²) in [6.45, 7) is 0. The lowest BCUT2D eigenvalue weighted by molar-refractivity contribution is -0.384. The topological polar surface area (TPSA) is 98.0 Å². The summed E-state index contributed by atoms with van der Waals surface area (Å²) >= 11 is 1.11. The fraction of sp³-hybridized carbons (Fsp3) is 0.105. The average molecular weight is 434 g/mol. The summed E-state index contributed by atoms with van der Waals surface area (Å²) in [5.74, 6) is -0.409. The Hall–Kier alpha value is -3.47. The number of nitrogens with one attached hydrogen (secondary N) is 1. The number of non-ortho nitro benzene ring substituents is 1. The van der Waals surface area contributed by atoms with Crippen LogP contribution in [0.25, 0.3) is 11.3 Å². The Kier molecular flexibility index (Phi) is 6.31. The Labute approximate surface area is 172 Å². The number of carbonyl (C=O) groups is 1. The van der Waals surface area contributed by atoms with E-state index in [-0.39, 0.29) is 17.1 Å². The lowest BCUT2D eigenvalue weighted by atomic mass is 10.1. The molecule has 0 radical (unpaired) electrons. The quantitative estimate of drug-likeness (QED) is 0.340. The predicted molar refractivity (Wildman–Crippen MR) is 105 cm³/mol. The molecule has 2 aromatic carbocycles. The van der Waals surface area contributed by atoms with Gasteiger partial charge >= 0.3 is 6.18 Å². The van der Waals surface area contributed by atoms with Gasteiger partial charge in [-0.3, -0.25) is 14.9 Å². The van der Waals surface area contributed by atoms with Crippen molar-refractivity contribution in [3.63, 3.8) is 0 Å². The number of anilines is 1. The molecule has 0 saturated heterocycles. The molecule has 0 fully saturated rings. The second-order valence-electron chi connectivity index (χ2n) is 5.97. The van der Waals surface area contributed by atoms with Crippen LogP contribution >= 0.6 is 11.8 Å². The second-order valence-corrected chi connectivity index (χ2v) is 6.97. The fourth-order valence-corrected chi connectivity index (χ4v) is 3.00. The van der Waals surface area contributed by atoms with Crippen LogP contribution in [0, 0.1) is 10.1 Å². The van der Waals surface area contributed by atoms with Gasteiger partial charge in [-0.15, -0.1) is 10.2 Å². The number of thioether (sulfide) groups is 1. The van der Waals surface area contributed by atoms with Crippen molar-refractivity contribution in [2.45, 2.75) is 11.2 Å². The highest BCUT2D eigenvalue weighted by molar-refractivity contribution is 7.99. The summed E-state index contributed by atoms with van der Waals surface area (Å²) < 4.78 is 37.6. The first-order valence-corrected chi connectivity index (χ1v) is 9.39. The number of halogens is 3. The van der Waals surface area contributed by atoms with Crippen LogP contribution in [0.15, 0.2) is 65.7 Å². The molecule has 1 heterocycles. The largest absolute Gasteiger partial charge is 0.416 e. The summed E-state index contributed by atoms with van der Waals surface area (Å²) in [5.41, 5.74) is 0.609. The lowest BCUT2D eigenvalue weighted by Crippen LogP contribution is -2.14. The Morgan fingerprint density at radius 1 is 1.00 bits per heavy atom. The Morgan fingerprint density at radius 3 is 2.20 bits per heavy atom. The van der Waals surface area contributed by atoms with Gasteiger partial charge in [0.2, 0.25) is 5.91 Å². The highest BCUT2D eigenvalue weighted by Gasteiger charge is 2.29. The molecule has 0 bridgehead atoms. The van der Waals surface area contributed by atoms with E-state index in [2.05, 4.69) is 15.5 Å². The molecule has 30 heavy (non-hydrogen) atoms. The average Bonchev–Trinajstić information content (AvgIpc) is 2.72. The van der Waals surface area contributed by atoms with E-state index in [0.717, 1.165) is 23.9 Å². The van der Waals surface area contributed by atoms with Gasteiger partial charge in [-0.2, -0.15) is 13.2 Å². The van der Waals surface area contributed by atoms with Crippen molar-refractivity contribution in [1.82, 2.24) is 10.2 Å². The van der Waals surface area contributed by atoms with Crippen molar-refractivity contribution >= 4 is 29.0 Å². The van der Waals surface area contributed by atoms with Crippen LogP contribution in [0.4, 0.5) is 24.5 Å². The molecule has 0 aliphatic rings. The summed E-state index contributed by atoms with van der Waals surface area (Å²) in [6.07, 6.45) is -4.43. The maximum Gasteiger partial charge on any atom is 0.416 e. The van der Waals surface area contributed by atoms with Gasteiger partial charge in [0.1, 0.15) is 5.03 Å². The van der Waals surface area contributed by atoms with Gasteiger partial charge in [0.25, 0.3) is 5.69 Å². The number of alkyl halides is 3. The summed E-state index contributed by atoms with van der Waals surface area (Å²) in [7, 11) is 0. The molecule has 0 spiro atoms. The van der Waals surface area contributed by atoms with Gasteiger partial charge in [0.05, 0.1) is 21.9 Å². The molecule has 7 nitrogen and oxygen atoms in total.